The van der Waals surface area contributed by atoms with Crippen LogP contribution in [0.15, 0.2) is 194 Å². The number of hydrogen-bond donors (Lipinski definition) is 0. The van der Waals surface area contributed by atoms with Gasteiger partial charge in [-0.2, -0.15) is 0 Å². The molecule has 4 nitrogen and oxygen atoms in total. The van der Waals surface area contributed by atoms with Crippen LogP contribution < -0.4 is 0 Å². The molecule has 2 heterocycles. The minimum Gasteiger partial charge on any atom is -0.309 e. The van der Waals surface area contributed by atoms with Crippen molar-refractivity contribution in [2.24, 2.45) is 0 Å². The third-order valence-corrected chi connectivity index (χ3v) is 11.4. The second-order valence-corrected chi connectivity index (χ2v) is 14.8. The fraction of sp³-hybridized carbons (Fsp3) is 0.0377. The van der Waals surface area contributed by atoms with Gasteiger partial charge in [0.15, 0.2) is 17.5 Å². The first-order valence-electron chi connectivity index (χ1n) is 19.5. The summed E-state index contributed by atoms with van der Waals surface area (Å²) in [6.45, 7) is 0. The van der Waals surface area contributed by atoms with E-state index >= 15 is 0 Å². The molecule has 10 aromatic rings. The Morgan fingerprint density at radius 2 is 0.789 bits per heavy atom. The molecule has 4 heteroatoms. The molecule has 8 aromatic carbocycles. The van der Waals surface area contributed by atoms with E-state index in [2.05, 4.69) is 138 Å². The average Bonchev–Trinajstić information content (AvgIpc) is 3.60. The van der Waals surface area contributed by atoms with E-state index in [9.17, 15) is 0 Å². The molecule has 0 unspecified atom stereocenters. The predicted octanol–water partition coefficient (Wildman–Crippen LogP) is 12.8. The summed E-state index contributed by atoms with van der Waals surface area (Å²) in [6.07, 6.45) is 1.67. The zero-order valence-electron chi connectivity index (χ0n) is 31.2. The van der Waals surface area contributed by atoms with E-state index in [0.29, 0.717) is 17.5 Å². The first-order valence-corrected chi connectivity index (χ1v) is 19.5. The Bertz CT molecular complexity index is 3070. The third kappa shape index (κ3) is 5.82. The Morgan fingerprint density at radius 3 is 1.40 bits per heavy atom. The molecule has 0 saturated heterocycles. The number of rotatable bonds is 4. The van der Waals surface area contributed by atoms with Crippen LogP contribution in [-0.2, 0) is 12.8 Å². The van der Waals surface area contributed by atoms with Crippen LogP contribution in [0.5, 0.6) is 0 Å². The molecule has 0 amide bonds. The van der Waals surface area contributed by atoms with Crippen molar-refractivity contribution in [1.29, 1.82) is 0 Å². The van der Waals surface area contributed by atoms with Crippen molar-refractivity contribution >= 4 is 21.8 Å². The van der Waals surface area contributed by atoms with Crippen LogP contribution in [0.3, 0.4) is 0 Å². The lowest BCUT2D eigenvalue weighted by molar-refractivity contribution is 1.07. The van der Waals surface area contributed by atoms with Gasteiger partial charge in [-0.25, -0.2) is 15.0 Å². The van der Waals surface area contributed by atoms with Crippen LogP contribution in [0.25, 0.3) is 83.9 Å². The standard InChI is InChI=1S/C53H36N4/c1-3-16-35(17-4-1)51-54-52(36-18-5-2-6-19-36)56-53(55-51)40-23-15-24-42(32-40)57-49-29-14-13-28-46(49)48-34-47-41(33-50(48)57)31-39-22-8-11-26-44(39)43-25-10-7-20-37(43)30-38-21-9-12-27-45(38)47/h1-29,32-34H,30-31H2. The molecule has 2 aromatic heterocycles. The van der Waals surface area contributed by atoms with E-state index in [1.54, 1.807) is 0 Å². The van der Waals surface area contributed by atoms with Crippen molar-refractivity contribution in [3.05, 3.63) is 216 Å². The van der Waals surface area contributed by atoms with Gasteiger partial charge in [-0.3, -0.25) is 0 Å². The van der Waals surface area contributed by atoms with E-state index in [0.717, 1.165) is 40.7 Å². The molecule has 0 saturated carbocycles. The Morgan fingerprint density at radius 1 is 0.316 bits per heavy atom. The number of hydrogen-bond acceptors (Lipinski definition) is 3. The molecule has 0 atom stereocenters. The Hall–Kier alpha value is -7.43. The number of benzene rings is 8. The van der Waals surface area contributed by atoms with Crippen molar-refractivity contribution in [3.63, 3.8) is 0 Å². The van der Waals surface area contributed by atoms with Gasteiger partial charge in [0.1, 0.15) is 0 Å². The van der Waals surface area contributed by atoms with Crippen molar-refractivity contribution in [3.8, 4) is 62.1 Å². The van der Waals surface area contributed by atoms with Crippen LogP contribution in [-0.4, -0.2) is 19.5 Å². The second kappa shape index (κ2) is 13.7. The lowest BCUT2D eigenvalue weighted by Gasteiger charge is -2.21. The molecule has 0 aliphatic heterocycles. The van der Waals surface area contributed by atoms with E-state index in [1.807, 2.05) is 60.7 Å². The zero-order chi connectivity index (χ0) is 37.7. The van der Waals surface area contributed by atoms with Crippen molar-refractivity contribution in [2.75, 3.05) is 0 Å². The first kappa shape index (κ1) is 33.0. The normalized spacial score (nSPS) is 12.1. The summed E-state index contributed by atoms with van der Waals surface area (Å²) in [7, 11) is 0. The minimum absolute atomic E-state index is 0.635. The third-order valence-electron chi connectivity index (χ3n) is 11.4. The molecule has 0 fully saturated rings. The summed E-state index contributed by atoms with van der Waals surface area (Å²) in [5.41, 5.74) is 16.7. The number of para-hydroxylation sites is 1. The van der Waals surface area contributed by atoms with Crippen molar-refractivity contribution in [2.45, 2.75) is 12.8 Å². The molecule has 268 valence electrons. The summed E-state index contributed by atoms with van der Waals surface area (Å²) >= 11 is 0. The SMILES string of the molecule is c1ccc(-c2nc(-c3ccccc3)nc(-c3cccc(-n4c5ccccc5c5cc6c(cc54)Cc4ccccc4-c4ccccc4Cc4ccccc4-6)c3)n2)cc1. The highest BCUT2D eigenvalue weighted by molar-refractivity contribution is 6.11. The zero-order valence-corrected chi connectivity index (χ0v) is 31.2. The maximum atomic E-state index is 5.07. The fourth-order valence-electron chi connectivity index (χ4n) is 8.68. The fourth-order valence-corrected chi connectivity index (χ4v) is 8.68. The van der Waals surface area contributed by atoms with Crippen LogP contribution >= 0.6 is 0 Å². The Balaban J connectivity index is 1.13. The van der Waals surface area contributed by atoms with Gasteiger partial charge in [0.2, 0.25) is 0 Å². The van der Waals surface area contributed by atoms with Crippen LogP contribution in [0.2, 0.25) is 0 Å². The quantitative estimate of drug-likeness (QED) is 0.181. The average molecular weight is 729 g/mol. The highest BCUT2D eigenvalue weighted by Crippen LogP contribution is 2.42. The monoisotopic (exact) mass is 728 g/mol. The predicted molar refractivity (Wildman–Crippen MR) is 233 cm³/mol. The van der Waals surface area contributed by atoms with E-state index in [4.69, 9.17) is 15.0 Å². The summed E-state index contributed by atoms with van der Waals surface area (Å²) in [5, 5.41) is 2.45. The second-order valence-electron chi connectivity index (χ2n) is 14.8. The Labute approximate surface area is 331 Å². The topological polar surface area (TPSA) is 43.6 Å². The van der Waals surface area contributed by atoms with Gasteiger partial charge in [-0.1, -0.05) is 164 Å². The van der Waals surface area contributed by atoms with Gasteiger partial charge in [-0.15, -0.1) is 0 Å². The van der Waals surface area contributed by atoms with Crippen molar-refractivity contribution < 1.29 is 0 Å². The molecular formula is C53H36N4. The van der Waals surface area contributed by atoms with Gasteiger partial charge in [0.25, 0.3) is 0 Å². The molecule has 1 aliphatic carbocycles. The summed E-state index contributed by atoms with van der Waals surface area (Å²) in [5.74, 6) is 1.93. The molecule has 1 aliphatic rings. The van der Waals surface area contributed by atoms with Gasteiger partial charge in [-0.05, 0) is 87.7 Å². The maximum absolute atomic E-state index is 5.07. The molecule has 0 bridgehead atoms. The lowest BCUT2D eigenvalue weighted by Crippen LogP contribution is -2.03. The first-order chi connectivity index (χ1) is 28.2. The van der Waals surface area contributed by atoms with Crippen LogP contribution in [0, 0.1) is 0 Å². The van der Waals surface area contributed by atoms with Crippen LogP contribution in [0.4, 0.5) is 0 Å². The van der Waals surface area contributed by atoms with E-state index < -0.39 is 0 Å². The number of fused-ring (bicyclic) bond motifs is 9. The largest absolute Gasteiger partial charge is 0.309 e. The lowest BCUT2D eigenvalue weighted by atomic mass is 9.83. The summed E-state index contributed by atoms with van der Waals surface area (Å²) in [6, 6.07) is 69.4. The molecule has 11 rings (SSSR count). The minimum atomic E-state index is 0.635. The number of aromatic nitrogens is 4. The maximum Gasteiger partial charge on any atom is 0.164 e. The molecule has 57 heavy (non-hydrogen) atoms. The van der Waals surface area contributed by atoms with Gasteiger partial charge >= 0.3 is 0 Å². The van der Waals surface area contributed by atoms with Crippen LogP contribution in [0.1, 0.15) is 22.3 Å². The summed E-state index contributed by atoms with van der Waals surface area (Å²) < 4.78 is 2.41. The smallest absolute Gasteiger partial charge is 0.164 e. The molecule has 0 spiro atoms. The summed E-state index contributed by atoms with van der Waals surface area (Å²) in [4.78, 5) is 15.1. The molecule has 0 N–H and O–H groups in total. The van der Waals surface area contributed by atoms with E-state index in [1.165, 1.54) is 60.8 Å². The van der Waals surface area contributed by atoms with Gasteiger partial charge in [0.05, 0.1) is 11.0 Å². The highest BCUT2D eigenvalue weighted by Gasteiger charge is 2.22. The molecular weight excluding hydrogens is 693 g/mol. The number of nitrogens with zero attached hydrogens (tertiary/aromatic N) is 4. The van der Waals surface area contributed by atoms with E-state index in [-0.39, 0.29) is 0 Å². The van der Waals surface area contributed by atoms with Gasteiger partial charge in [0, 0.05) is 33.2 Å². The molecule has 0 radical (unpaired) electrons. The van der Waals surface area contributed by atoms with Gasteiger partial charge < -0.3 is 4.57 Å². The highest BCUT2D eigenvalue weighted by atomic mass is 15.0. The Kier molecular flexibility index (Phi) is 7.92. The van der Waals surface area contributed by atoms with Crippen molar-refractivity contribution in [1.82, 2.24) is 19.5 Å².